The molecule has 1 aromatic heterocycles. The van der Waals surface area contributed by atoms with E-state index in [0.717, 1.165) is 29.3 Å². The molecule has 2 aliphatic rings. The minimum atomic E-state index is -3.12. The summed E-state index contributed by atoms with van der Waals surface area (Å²) in [5, 5.41) is 7.61. The zero-order valence-corrected chi connectivity index (χ0v) is 16.0. The summed E-state index contributed by atoms with van der Waals surface area (Å²) in [4.78, 5) is 7.85. The Morgan fingerprint density at radius 1 is 1.30 bits per heavy atom. The van der Waals surface area contributed by atoms with Crippen molar-refractivity contribution in [1.29, 1.82) is 0 Å². The van der Waals surface area contributed by atoms with Crippen LogP contribution in [0.15, 0.2) is 47.7 Å². The first kappa shape index (κ1) is 18.0. The van der Waals surface area contributed by atoms with Crippen molar-refractivity contribution in [3.05, 3.63) is 48.3 Å². The van der Waals surface area contributed by atoms with Crippen molar-refractivity contribution >= 4 is 26.8 Å². The van der Waals surface area contributed by atoms with Crippen LogP contribution < -0.4 is 16.4 Å². The molecule has 8 nitrogen and oxygen atoms in total. The quantitative estimate of drug-likeness (QED) is 0.620. The fourth-order valence-electron chi connectivity index (χ4n) is 3.57. The summed E-state index contributed by atoms with van der Waals surface area (Å²) in [6, 6.07) is 8.13. The zero-order valence-electron chi connectivity index (χ0n) is 15.1. The number of benzene rings is 1. The number of H-pyrrole nitrogens is 1. The predicted octanol–water partition coefficient (Wildman–Crippen LogP) is 0.766. The Morgan fingerprint density at radius 3 is 2.81 bits per heavy atom. The van der Waals surface area contributed by atoms with Crippen molar-refractivity contribution in [3.8, 4) is 0 Å². The summed E-state index contributed by atoms with van der Waals surface area (Å²) in [7, 11) is -3.12. The summed E-state index contributed by atoms with van der Waals surface area (Å²) in [6.07, 6.45) is 8.26. The number of piperidine rings is 1. The molecule has 1 saturated heterocycles. The minimum absolute atomic E-state index is 0.168. The molecule has 1 aromatic carbocycles. The van der Waals surface area contributed by atoms with Crippen LogP contribution in [0.5, 0.6) is 0 Å². The van der Waals surface area contributed by atoms with Crippen LogP contribution in [0.3, 0.4) is 0 Å². The van der Waals surface area contributed by atoms with E-state index < -0.39 is 15.8 Å². The lowest BCUT2D eigenvalue weighted by atomic mass is 10.0. The predicted molar refractivity (Wildman–Crippen MR) is 106 cm³/mol. The Hall–Kier alpha value is -2.36. The number of aliphatic imine (C=N–C) groups is 1. The number of rotatable bonds is 3. The van der Waals surface area contributed by atoms with E-state index in [2.05, 4.69) is 20.6 Å². The van der Waals surface area contributed by atoms with Gasteiger partial charge in [0.25, 0.3) is 0 Å². The lowest BCUT2D eigenvalue weighted by molar-refractivity contribution is 0.307. The van der Waals surface area contributed by atoms with Crippen LogP contribution in [0.25, 0.3) is 10.9 Å². The first-order valence-corrected chi connectivity index (χ1v) is 10.8. The highest BCUT2D eigenvalue weighted by Crippen LogP contribution is 2.24. The molecule has 0 spiro atoms. The second-order valence-corrected chi connectivity index (χ2v) is 9.08. The Labute approximate surface area is 158 Å². The highest BCUT2D eigenvalue weighted by Gasteiger charge is 2.30. The summed E-state index contributed by atoms with van der Waals surface area (Å²) >= 11 is 0. The van der Waals surface area contributed by atoms with Crippen molar-refractivity contribution in [2.75, 3.05) is 19.3 Å². The van der Waals surface area contributed by atoms with E-state index in [9.17, 15) is 8.42 Å². The van der Waals surface area contributed by atoms with Crippen LogP contribution in [-0.4, -0.2) is 48.9 Å². The standard InChI is InChI=1S/C18H24N6O2S/c1-27(25,26)24-10-6-15(7-11-24)22-17-5-9-21-18(19,23-17)14-2-3-16-13(12-14)4-8-20-16/h2-5,8-9,12,15,20-21H,6-7,10-11,19H2,1H3,(H,22,23). The van der Waals surface area contributed by atoms with Crippen molar-refractivity contribution in [1.82, 2.24) is 19.9 Å². The van der Waals surface area contributed by atoms with Crippen LogP contribution in [0, 0.1) is 0 Å². The maximum Gasteiger partial charge on any atom is 0.211 e. The Bertz CT molecular complexity index is 1000. The van der Waals surface area contributed by atoms with Gasteiger partial charge in [-0.15, -0.1) is 0 Å². The molecule has 0 radical (unpaired) electrons. The number of aromatic nitrogens is 1. The monoisotopic (exact) mass is 388 g/mol. The van der Waals surface area contributed by atoms with Crippen molar-refractivity contribution in [2.45, 2.75) is 24.7 Å². The molecule has 1 atom stereocenters. The highest BCUT2D eigenvalue weighted by molar-refractivity contribution is 7.88. The topological polar surface area (TPSA) is 116 Å². The lowest BCUT2D eigenvalue weighted by Gasteiger charge is -2.34. The van der Waals surface area contributed by atoms with E-state index in [1.807, 2.05) is 36.5 Å². The third-order valence-corrected chi connectivity index (χ3v) is 6.41. The maximum atomic E-state index is 11.6. The van der Waals surface area contributed by atoms with E-state index in [4.69, 9.17) is 5.73 Å². The second kappa shape index (κ2) is 6.66. The maximum absolute atomic E-state index is 11.6. The van der Waals surface area contributed by atoms with Crippen LogP contribution in [0.1, 0.15) is 18.4 Å². The Morgan fingerprint density at radius 2 is 2.07 bits per heavy atom. The normalized spacial score (nSPS) is 24.6. The summed E-state index contributed by atoms with van der Waals surface area (Å²) < 4.78 is 24.8. The molecule has 27 heavy (non-hydrogen) atoms. The largest absolute Gasteiger partial charge is 0.367 e. The van der Waals surface area contributed by atoms with Crippen LogP contribution in [0.4, 0.5) is 0 Å². The molecular formula is C18H24N6O2S. The molecule has 1 unspecified atom stereocenters. The van der Waals surface area contributed by atoms with Crippen molar-refractivity contribution in [3.63, 3.8) is 0 Å². The van der Waals surface area contributed by atoms with E-state index in [0.29, 0.717) is 18.9 Å². The first-order chi connectivity index (χ1) is 12.8. The Balaban J connectivity index is 1.49. The first-order valence-electron chi connectivity index (χ1n) is 8.96. The van der Waals surface area contributed by atoms with Gasteiger partial charge in [0.15, 0.2) is 0 Å². The zero-order chi connectivity index (χ0) is 19.1. The number of nitrogens with two attached hydrogens (primary N) is 1. The van der Waals surface area contributed by atoms with Crippen molar-refractivity contribution in [2.24, 2.45) is 10.7 Å². The van der Waals surface area contributed by atoms with Gasteiger partial charge in [0.2, 0.25) is 15.8 Å². The highest BCUT2D eigenvalue weighted by atomic mass is 32.2. The van der Waals surface area contributed by atoms with Gasteiger partial charge in [-0.3, -0.25) is 5.73 Å². The molecule has 9 heteroatoms. The van der Waals surface area contributed by atoms with Gasteiger partial charge in [-0.05, 0) is 42.5 Å². The number of hydrogen-bond donors (Lipinski definition) is 4. The van der Waals surface area contributed by atoms with Crippen LogP contribution >= 0.6 is 0 Å². The molecule has 2 aliphatic heterocycles. The number of aromatic amines is 1. The summed E-state index contributed by atoms with van der Waals surface area (Å²) in [5.41, 5.74) is 8.44. The molecule has 4 rings (SSSR count). The molecule has 144 valence electrons. The number of nitrogens with zero attached hydrogens (tertiary/aromatic N) is 2. The van der Waals surface area contributed by atoms with E-state index in [-0.39, 0.29) is 6.04 Å². The Kier molecular flexibility index (Phi) is 4.45. The fourth-order valence-corrected chi connectivity index (χ4v) is 4.44. The lowest BCUT2D eigenvalue weighted by Crippen LogP contribution is -2.52. The number of fused-ring (bicyclic) bond motifs is 1. The molecule has 0 amide bonds. The van der Waals surface area contributed by atoms with E-state index in [1.165, 1.54) is 10.6 Å². The SMILES string of the molecule is CS(=O)(=O)N1CCC(NC2=NC(N)(c3ccc4[nH]ccc4c3)NC=C2)CC1. The number of sulfonamides is 1. The molecule has 5 N–H and O–H groups in total. The number of nitrogens with one attached hydrogen (secondary N) is 3. The van der Waals surface area contributed by atoms with E-state index >= 15 is 0 Å². The fraction of sp³-hybridized carbons (Fsp3) is 0.389. The molecule has 2 aromatic rings. The number of amidine groups is 1. The molecule has 0 aliphatic carbocycles. The molecule has 1 fully saturated rings. The van der Waals surface area contributed by atoms with Gasteiger partial charge in [0.05, 0.1) is 6.26 Å². The van der Waals surface area contributed by atoms with Gasteiger partial charge in [0.1, 0.15) is 5.84 Å². The summed E-state index contributed by atoms with van der Waals surface area (Å²) in [6.45, 7) is 1.04. The van der Waals surface area contributed by atoms with Crippen LogP contribution in [0.2, 0.25) is 0 Å². The molecule has 0 saturated carbocycles. The van der Waals surface area contributed by atoms with E-state index in [1.54, 1.807) is 6.20 Å². The second-order valence-electron chi connectivity index (χ2n) is 7.10. The van der Waals surface area contributed by atoms with Gasteiger partial charge in [-0.1, -0.05) is 6.07 Å². The molecule has 0 bridgehead atoms. The molecule has 3 heterocycles. The third-order valence-electron chi connectivity index (χ3n) is 5.11. The third kappa shape index (κ3) is 3.71. The van der Waals surface area contributed by atoms with Gasteiger partial charge < -0.3 is 15.6 Å². The number of hydrogen-bond acceptors (Lipinski definition) is 6. The smallest absolute Gasteiger partial charge is 0.211 e. The van der Waals surface area contributed by atoms with Gasteiger partial charge in [-0.2, -0.15) is 0 Å². The average Bonchev–Trinajstić information content (AvgIpc) is 3.09. The summed E-state index contributed by atoms with van der Waals surface area (Å²) in [5.74, 6) is -0.348. The minimum Gasteiger partial charge on any atom is -0.367 e. The van der Waals surface area contributed by atoms with Crippen LogP contribution in [-0.2, 0) is 15.8 Å². The average molecular weight is 388 g/mol. The van der Waals surface area contributed by atoms with Gasteiger partial charge >= 0.3 is 0 Å². The van der Waals surface area contributed by atoms with Gasteiger partial charge in [-0.25, -0.2) is 17.7 Å². The molecular weight excluding hydrogens is 364 g/mol. The van der Waals surface area contributed by atoms with Crippen molar-refractivity contribution < 1.29 is 8.42 Å². The van der Waals surface area contributed by atoms with Gasteiger partial charge in [0, 0.05) is 42.6 Å².